The van der Waals surface area contributed by atoms with Gasteiger partial charge in [0.2, 0.25) is 22.9 Å². The Bertz CT molecular complexity index is 1150. The molecule has 2 amide bonds. The second-order valence-corrected chi connectivity index (χ2v) is 8.73. The highest BCUT2D eigenvalue weighted by molar-refractivity contribution is 7.99. The normalized spacial score (nSPS) is 13.6. The predicted molar refractivity (Wildman–Crippen MR) is 131 cm³/mol. The van der Waals surface area contributed by atoms with Crippen LogP contribution < -0.4 is 15.6 Å². The van der Waals surface area contributed by atoms with Gasteiger partial charge >= 0.3 is 0 Å². The molecule has 0 atom stereocenters. The van der Waals surface area contributed by atoms with Crippen LogP contribution in [-0.4, -0.2) is 45.5 Å². The van der Waals surface area contributed by atoms with E-state index in [9.17, 15) is 9.59 Å². The zero-order chi connectivity index (χ0) is 23.0. The van der Waals surface area contributed by atoms with Gasteiger partial charge in [-0.15, -0.1) is 5.10 Å². The monoisotopic (exact) mass is 483 g/mol. The fourth-order valence-electron chi connectivity index (χ4n) is 3.21. The summed E-state index contributed by atoms with van der Waals surface area (Å²) in [5.74, 6) is 0.918. The molecule has 3 N–H and O–H groups in total. The van der Waals surface area contributed by atoms with Gasteiger partial charge < -0.3 is 10.2 Å². The number of hydrazone groups is 1. The fraction of sp³-hybridized carbons (Fsp3) is 0.227. The quantitative estimate of drug-likeness (QED) is 0.239. The molecule has 0 unspecified atom stereocenters. The molecule has 1 aliphatic rings. The molecule has 1 aromatic heterocycles. The Labute approximate surface area is 200 Å². The van der Waals surface area contributed by atoms with Crippen molar-refractivity contribution < 1.29 is 9.59 Å². The molecule has 1 fully saturated rings. The maximum absolute atomic E-state index is 12.3. The molecule has 0 aliphatic carbocycles. The Morgan fingerprint density at radius 2 is 2.12 bits per heavy atom. The SMILES string of the molecule is O=C(CCSc1n[nH]c(N/N=C/c2ccc(Cl)cc2)n1)Nc1cccc(N2CCCC2=O)c1. The number of aromatic amines is 1. The molecule has 9 nitrogen and oxygen atoms in total. The second-order valence-electron chi connectivity index (χ2n) is 7.23. The Morgan fingerprint density at radius 1 is 1.27 bits per heavy atom. The lowest BCUT2D eigenvalue weighted by atomic mass is 10.2. The van der Waals surface area contributed by atoms with Gasteiger partial charge in [-0.2, -0.15) is 10.1 Å². The first-order valence-corrected chi connectivity index (χ1v) is 11.7. The molecular formula is C22H22ClN7O2S. The van der Waals surface area contributed by atoms with E-state index < -0.39 is 0 Å². The number of carbonyl (C=O) groups is 2. The molecule has 0 radical (unpaired) electrons. The van der Waals surface area contributed by atoms with Crippen molar-refractivity contribution in [2.45, 2.75) is 24.4 Å². The Balaban J connectivity index is 1.20. The van der Waals surface area contributed by atoms with E-state index >= 15 is 0 Å². The molecule has 170 valence electrons. The molecule has 33 heavy (non-hydrogen) atoms. The number of amides is 2. The Kier molecular flexibility index (Phi) is 7.59. The van der Waals surface area contributed by atoms with Gasteiger partial charge in [-0.1, -0.05) is 41.6 Å². The number of benzene rings is 2. The van der Waals surface area contributed by atoms with Crippen LogP contribution in [0.1, 0.15) is 24.8 Å². The van der Waals surface area contributed by atoms with Gasteiger partial charge in [0.15, 0.2) is 0 Å². The Hall–Kier alpha value is -3.37. The van der Waals surface area contributed by atoms with Gasteiger partial charge in [0.25, 0.3) is 0 Å². The van der Waals surface area contributed by atoms with E-state index in [1.54, 1.807) is 23.2 Å². The van der Waals surface area contributed by atoms with E-state index in [1.807, 2.05) is 36.4 Å². The summed E-state index contributed by atoms with van der Waals surface area (Å²) in [7, 11) is 0. The fourth-order valence-corrected chi connectivity index (χ4v) is 4.07. The van der Waals surface area contributed by atoms with Crippen LogP contribution in [0.5, 0.6) is 0 Å². The molecular weight excluding hydrogens is 462 g/mol. The molecule has 4 rings (SSSR count). The van der Waals surface area contributed by atoms with Crippen LogP contribution in [-0.2, 0) is 9.59 Å². The molecule has 3 aromatic rings. The highest BCUT2D eigenvalue weighted by atomic mass is 35.5. The van der Waals surface area contributed by atoms with Crippen LogP contribution >= 0.6 is 23.4 Å². The van der Waals surface area contributed by atoms with Crippen LogP contribution in [0, 0.1) is 0 Å². The van der Waals surface area contributed by atoms with Crippen LogP contribution in [0.3, 0.4) is 0 Å². The summed E-state index contributed by atoms with van der Waals surface area (Å²) >= 11 is 7.22. The molecule has 0 spiro atoms. The number of rotatable bonds is 9. The molecule has 1 saturated heterocycles. The molecule has 11 heteroatoms. The largest absolute Gasteiger partial charge is 0.326 e. The molecule has 2 heterocycles. The number of nitrogens with zero attached hydrogens (tertiary/aromatic N) is 4. The third-order valence-corrected chi connectivity index (χ3v) is 5.90. The van der Waals surface area contributed by atoms with Crippen molar-refractivity contribution in [1.29, 1.82) is 0 Å². The van der Waals surface area contributed by atoms with Crippen molar-refractivity contribution in [1.82, 2.24) is 15.2 Å². The number of nitrogens with one attached hydrogen (secondary N) is 3. The van der Waals surface area contributed by atoms with Crippen molar-refractivity contribution >= 4 is 58.7 Å². The summed E-state index contributed by atoms with van der Waals surface area (Å²) in [6, 6.07) is 14.6. The van der Waals surface area contributed by atoms with Gasteiger partial charge in [-0.3, -0.25) is 9.59 Å². The summed E-state index contributed by atoms with van der Waals surface area (Å²) in [5.41, 5.74) is 5.15. The minimum absolute atomic E-state index is 0.117. The molecule has 1 aliphatic heterocycles. The number of aromatic nitrogens is 3. The average molecular weight is 484 g/mol. The number of hydrogen-bond donors (Lipinski definition) is 3. The lowest BCUT2D eigenvalue weighted by Gasteiger charge is -2.16. The van der Waals surface area contributed by atoms with Gasteiger partial charge in [0, 0.05) is 41.5 Å². The van der Waals surface area contributed by atoms with E-state index in [0.29, 0.717) is 47.0 Å². The van der Waals surface area contributed by atoms with E-state index in [2.05, 4.69) is 31.0 Å². The third kappa shape index (κ3) is 6.56. The Morgan fingerprint density at radius 3 is 2.91 bits per heavy atom. The van der Waals surface area contributed by atoms with Gasteiger partial charge in [0.1, 0.15) is 0 Å². The zero-order valence-corrected chi connectivity index (χ0v) is 19.2. The predicted octanol–water partition coefficient (Wildman–Crippen LogP) is 4.15. The van der Waals surface area contributed by atoms with Gasteiger partial charge in [0.05, 0.1) is 6.21 Å². The van der Waals surface area contributed by atoms with E-state index in [-0.39, 0.29) is 11.8 Å². The first-order valence-electron chi connectivity index (χ1n) is 10.4. The average Bonchev–Trinajstić information content (AvgIpc) is 3.44. The summed E-state index contributed by atoms with van der Waals surface area (Å²) in [6.07, 6.45) is 3.37. The number of halogens is 1. The molecule has 0 saturated carbocycles. The van der Waals surface area contributed by atoms with Crippen LogP contribution in [0.2, 0.25) is 5.02 Å². The smallest absolute Gasteiger partial charge is 0.240 e. The van der Waals surface area contributed by atoms with Crippen molar-refractivity contribution in [2.75, 3.05) is 27.9 Å². The minimum Gasteiger partial charge on any atom is -0.326 e. The standard InChI is InChI=1S/C22H22ClN7O2S/c23-16-8-6-15(7-9-16)14-24-27-21-26-22(29-28-21)33-12-10-19(31)25-17-3-1-4-18(13-17)30-11-2-5-20(30)32/h1,3-4,6-9,13-14H,2,5,10-12H2,(H,25,31)(H2,26,27,28,29)/b24-14+. The van der Waals surface area contributed by atoms with Crippen LogP contribution in [0.15, 0.2) is 58.8 Å². The van der Waals surface area contributed by atoms with Crippen LogP contribution in [0.4, 0.5) is 17.3 Å². The minimum atomic E-state index is -0.117. The summed E-state index contributed by atoms with van der Waals surface area (Å²) in [5, 5.41) is 15.0. The lowest BCUT2D eigenvalue weighted by molar-refractivity contribution is -0.117. The summed E-state index contributed by atoms with van der Waals surface area (Å²) in [6.45, 7) is 0.715. The van der Waals surface area contributed by atoms with Crippen molar-refractivity contribution in [2.24, 2.45) is 5.10 Å². The third-order valence-electron chi connectivity index (χ3n) is 4.79. The van der Waals surface area contributed by atoms with Crippen molar-refractivity contribution in [3.05, 3.63) is 59.1 Å². The zero-order valence-electron chi connectivity index (χ0n) is 17.6. The van der Waals surface area contributed by atoms with E-state index in [0.717, 1.165) is 17.7 Å². The molecule has 0 bridgehead atoms. The van der Waals surface area contributed by atoms with E-state index in [1.165, 1.54) is 11.8 Å². The first kappa shape index (κ1) is 22.8. The maximum atomic E-state index is 12.3. The summed E-state index contributed by atoms with van der Waals surface area (Å²) < 4.78 is 0. The van der Waals surface area contributed by atoms with Gasteiger partial charge in [-0.25, -0.2) is 10.5 Å². The van der Waals surface area contributed by atoms with Crippen molar-refractivity contribution in [3.63, 3.8) is 0 Å². The van der Waals surface area contributed by atoms with E-state index in [4.69, 9.17) is 11.6 Å². The first-order chi connectivity index (χ1) is 16.1. The topological polar surface area (TPSA) is 115 Å². The molecule has 2 aromatic carbocycles. The highest BCUT2D eigenvalue weighted by Gasteiger charge is 2.21. The second kappa shape index (κ2) is 11.0. The lowest BCUT2D eigenvalue weighted by Crippen LogP contribution is -2.23. The van der Waals surface area contributed by atoms with Crippen molar-refractivity contribution in [3.8, 4) is 0 Å². The number of anilines is 3. The highest BCUT2D eigenvalue weighted by Crippen LogP contribution is 2.24. The maximum Gasteiger partial charge on any atom is 0.240 e. The summed E-state index contributed by atoms with van der Waals surface area (Å²) in [4.78, 5) is 30.3. The van der Waals surface area contributed by atoms with Crippen LogP contribution in [0.25, 0.3) is 0 Å². The van der Waals surface area contributed by atoms with Gasteiger partial charge in [-0.05, 0) is 42.3 Å². The number of carbonyl (C=O) groups excluding carboxylic acids is 2. The number of hydrogen-bond acceptors (Lipinski definition) is 7. The number of thioether (sulfide) groups is 1. The number of H-pyrrole nitrogens is 1.